The van der Waals surface area contributed by atoms with Crippen molar-refractivity contribution < 1.29 is 9.59 Å². The van der Waals surface area contributed by atoms with Gasteiger partial charge in [-0.3, -0.25) is 14.7 Å². The minimum atomic E-state index is -0.283. The summed E-state index contributed by atoms with van der Waals surface area (Å²) in [6.07, 6.45) is 4.29. The maximum atomic E-state index is 12.2. The second kappa shape index (κ2) is 7.00. The van der Waals surface area contributed by atoms with Gasteiger partial charge in [0.15, 0.2) is 5.69 Å². The number of rotatable bonds is 6. The maximum absolute atomic E-state index is 12.2. The van der Waals surface area contributed by atoms with Gasteiger partial charge in [-0.05, 0) is 18.9 Å². The molecule has 0 aliphatic heterocycles. The monoisotopic (exact) mass is 329 g/mol. The molecule has 24 heavy (non-hydrogen) atoms. The number of amides is 2. The lowest BCUT2D eigenvalue weighted by Crippen LogP contribution is -2.52. The molecule has 2 aromatic rings. The molecule has 1 aliphatic carbocycles. The van der Waals surface area contributed by atoms with Gasteiger partial charge in [0, 0.05) is 24.9 Å². The van der Waals surface area contributed by atoms with Crippen LogP contribution in [-0.4, -0.2) is 40.6 Å². The molecule has 1 heterocycles. The fourth-order valence-electron chi connectivity index (χ4n) is 3.30. The molecular weight excluding hydrogens is 306 g/mol. The van der Waals surface area contributed by atoms with Crippen LogP contribution < -0.4 is 16.4 Å². The topological polar surface area (TPSA) is 113 Å². The molecule has 1 fully saturated rings. The molecule has 7 heteroatoms. The van der Waals surface area contributed by atoms with Gasteiger partial charge in [-0.25, -0.2) is 0 Å². The molecule has 5 N–H and O–H groups in total. The maximum Gasteiger partial charge on any atom is 0.272 e. The smallest absolute Gasteiger partial charge is 0.272 e. The molecule has 0 unspecified atom stereocenters. The van der Waals surface area contributed by atoms with Crippen LogP contribution in [0.4, 0.5) is 0 Å². The van der Waals surface area contributed by atoms with E-state index in [0.29, 0.717) is 12.2 Å². The Labute approximate surface area is 140 Å². The van der Waals surface area contributed by atoms with E-state index in [0.717, 1.165) is 36.6 Å². The minimum Gasteiger partial charge on any atom is -0.350 e. The number of H-pyrrole nitrogens is 1. The van der Waals surface area contributed by atoms with E-state index in [9.17, 15) is 9.59 Å². The van der Waals surface area contributed by atoms with Gasteiger partial charge in [0.25, 0.3) is 5.91 Å². The number of para-hydroxylation sites is 1. The first-order valence-electron chi connectivity index (χ1n) is 8.36. The number of carbonyl (C=O) groups is 2. The van der Waals surface area contributed by atoms with E-state index in [4.69, 9.17) is 5.73 Å². The van der Waals surface area contributed by atoms with Crippen LogP contribution in [0.1, 0.15) is 42.6 Å². The van der Waals surface area contributed by atoms with Crippen molar-refractivity contribution in [2.24, 2.45) is 5.73 Å². The zero-order chi connectivity index (χ0) is 17.0. The van der Waals surface area contributed by atoms with E-state index in [1.54, 1.807) is 0 Å². The molecule has 2 amide bonds. The highest BCUT2D eigenvalue weighted by molar-refractivity contribution is 6.04. The number of carbonyl (C=O) groups excluding carboxylic acids is 2. The molecule has 1 saturated carbocycles. The number of aromatic amines is 1. The fraction of sp³-hybridized carbons (Fsp3) is 0.471. The Morgan fingerprint density at radius 3 is 2.75 bits per heavy atom. The van der Waals surface area contributed by atoms with Crippen molar-refractivity contribution in [3.05, 3.63) is 30.0 Å². The molecule has 0 bridgehead atoms. The van der Waals surface area contributed by atoms with Gasteiger partial charge in [-0.1, -0.05) is 31.0 Å². The minimum absolute atomic E-state index is 0.0745. The summed E-state index contributed by atoms with van der Waals surface area (Å²) in [5.41, 5.74) is 6.72. The molecule has 7 nitrogen and oxygen atoms in total. The molecule has 0 radical (unpaired) electrons. The number of nitrogens with two attached hydrogens (primary N) is 1. The van der Waals surface area contributed by atoms with Crippen molar-refractivity contribution in [2.45, 2.75) is 37.6 Å². The van der Waals surface area contributed by atoms with E-state index in [2.05, 4.69) is 20.8 Å². The number of hydrogen-bond acceptors (Lipinski definition) is 4. The highest BCUT2D eigenvalue weighted by Crippen LogP contribution is 2.28. The van der Waals surface area contributed by atoms with Crippen LogP contribution in [-0.2, 0) is 4.79 Å². The van der Waals surface area contributed by atoms with Gasteiger partial charge in [0.1, 0.15) is 0 Å². The second-order valence-corrected chi connectivity index (χ2v) is 6.36. The van der Waals surface area contributed by atoms with E-state index in [1.165, 1.54) is 0 Å². The largest absolute Gasteiger partial charge is 0.350 e. The molecule has 1 aliphatic rings. The van der Waals surface area contributed by atoms with Gasteiger partial charge in [0.05, 0.1) is 11.1 Å². The molecule has 128 valence electrons. The van der Waals surface area contributed by atoms with Crippen molar-refractivity contribution >= 4 is 22.7 Å². The van der Waals surface area contributed by atoms with Crippen LogP contribution in [0.25, 0.3) is 10.9 Å². The number of hydrogen-bond donors (Lipinski definition) is 4. The van der Waals surface area contributed by atoms with Crippen LogP contribution in [0.2, 0.25) is 0 Å². The molecule has 0 saturated heterocycles. The standard InChI is InChI=1S/C17H23N5O2/c18-11-17(8-3-4-9-17)20-14(23)7-10-19-16(24)15-12-5-1-2-6-13(12)21-22-15/h1-2,5-6H,3-4,7-11,18H2,(H,19,24)(H,20,23)(H,21,22). The van der Waals surface area contributed by atoms with Gasteiger partial charge in [0.2, 0.25) is 5.91 Å². The second-order valence-electron chi connectivity index (χ2n) is 6.36. The van der Waals surface area contributed by atoms with Crippen LogP contribution in [0, 0.1) is 0 Å². The summed E-state index contributed by atoms with van der Waals surface area (Å²) in [5, 5.41) is 13.4. The predicted molar refractivity (Wildman–Crippen MR) is 91.4 cm³/mol. The highest BCUT2D eigenvalue weighted by atomic mass is 16.2. The number of nitrogens with one attached hydrogen (secondary N) is 3. The van der Waals surface area contributed by atoms with Gasteiger partial charge < -0.3 is 16.4 Å². The zero-order valence-corrected chi connectivity index (χ0v) is 13.6. The SMILES string of the molecule is NCC1(NC(=O)CCNC(=O)c2n[nH]c3ccccc23)CCCC1. The van der Waals surface area contributed by atoms with Crippen molar-refractivity contribution in [2.75, 3.05) is 13.1 Å². The molecular formula is C17H23N5O2. The number of aromatic nitrogens is 2. The zero-order valence-electron chi connectivity index (χ0n) is 13.6. The van der Waals surface area contributed by atoms with Crippen molar-refractivity contribution in [3.8, 4) is 0 Å². The van der Waals surface area contributed by atoms with Crippen molar-refractivity contribution in [1.82, 2.24) is 20.8 Å². The lowest BCUT2D eigenvalue weighted by Gasteiger charge is -2.28. The first-order valence-corrected chi connectivity index (χ1v) is 8.36. The van der Waals surface area contributed by atoms with Crippen molar-refractivity contribution in [3.63, 3.8) is 0 Å². The summed E-state index contributed by atoms with van der Waals surface area (Å²) in [6, 6.07) is 7.44. The Hall–Kier alpha value is -2.41. The third-order valence-electron chi connectivity index (χ3n) is 4.68. The van der Waals surface area contributed by atoms with Gasteiger partial charge >= 0.3 is 0 Å². The Kier molecular flexibility index (Phi) is 4.80. The lowest BCUT2D eigenvalue weighted by molar-refractivity contribution is -0.122. The molecule has 0 spiro atoms. The average Bonchev–Trinajstić information content (AvgIpc) is 3.22. The van der Waals surface area contributed by atoms with Crippen LogP contribution in [0.3, 0.4) is 0 Å². The van der Waals surface area contributed by atoms with E-state index < -0.39 is 0 Å². The summed E-state index contributed by atoms with van der Waals surface area (Å²) in [7, 11) is 0. The highest BCUT2D eigenvalue weighted by Gasteiger charge is 2.33. The normalized spacial score (nSPS) is 16.2. The van der Waals surface area contributed by atoms with E-state index in [-0.39, 0.29) is 30.3 Å². The first-order chi connectivity index (χ1) is 11.6. The Bertz CT molecular complexity index is 733. The molecule has 0 atom stereocenters. The van der Waals surface area contributed by atoms with Crippen molar-refractivity contribution in [1.29, 1.82) is 0 Å². The third-order valence-corrected chi connectivity index (χ3v) is 4.68. The molecule has 1 aromatic heterocycles. The molecule has 3 rings (SSSR count). The number of fused-ring (bicyclic) bond motifs is 1. The first kappa shape index (κ1) is 16.4. The average molecular weight is 329 g/mol. The summed E-state index contributed by atoms with van der Waals surface area (Å²) >= 11 is 0. The van der Waals surface area contributed by atoms with E-state index in [1.807, 2.05) is 24.3 Å². The van der Waals surface area contributed by atoms with E-state index >= 15 is 0 Å². The Morgan fingerprint density at radius 2 is 2.00 bits per heavy atom. The number of benzene rings is 1. The van der Waals surface area contributed by atoms with Crippen LogP contribution >= 0.6 is 0 Å². The van der Waals surface area contributed by atoms with Crippen LogP contribution in [0.15, 0.2) is 24.3 Å². The fourth-order valence-corrected chi connectivity index (χ4v) is 3.30. The van der Waals surface area contributed by atoms with Gasteiger partial charge in [-0.2, -0.15) is 5.10 Å². The Balaban J connectivity index is 1.51. The quantitative estimate of drug-likeness (QED) is 0.635. The summed E-state index contributed by atoms with van der Waals surface area (Å²) in [5.74, 6) is -0.357. The summed E-state index contributed by atoms with van der Waals surface area (Å²) < 4.78 is 0. The molecule has 1 aromatic carbocycles. The van der Waals surface area contributed by atoms with Gasteiger partial charge in [-0.15, -0.1) is 0 Å². The lowest BCUT2D eigenvalue weighted by atomic mass is 9.97. The third kappa shape index (κ3) is 3.41. The Morgan fingerprint density at radius 1 is 1.25 bits per heavy atom. The summed E-state index contributed by atoms with van der Waals surface area (Å²) in [6.45, 7) is 0.733. The predicted octanol–water partition coefficient (Wildman–Crippen LogP) is 1.07. The summed E-state index contributed by atoms with van der Waals surface area (Å²) in [4.78, 5) is 24.3. The number of nitrogens with zero attached hydrogens (tertiary/aromatic N) is 1. The van der Waals surface area contributed by atoms with Crippen LogP contribution in [0.5, 0.6) is 0 Å².